The van der Waals surface area contributed by atoms with Gasteiger partial charge in [-0.3, -0.25) is 9.59 Å². The summed E-state index contributed by atoms with van der Waals surface area (Å²) in [6.07, 6.45) is 2.11. The van der Waals surface area contributed by atoms with Crippen LogP contribution in [-0.2, 0) is 19.1 Å². The lowest BCUT2D eigenvalue weighted by Gasteiger charge is -2.22. The normalized spacial score (nSPS) is 13.1. The second kappa shape index (κ2) is 6.48. The lowest BCUT2D eigenvalue weighted by Crippen LogP contribution is -2.37. The number of hydrogen-bond acceptors (Lipinski definition) is 5. The van der Waals surface area contributed by atoms with Crippen molar-refractivity contribution in [1.82, 2.24) is 0 Å². The number of carbonyl (C=O) groups excluding carboxylic acids is 2. The van der Waals surface area contributed by atoms with E-state index in [1.165, 1.54) is 13.5 Å². The van der Waals surface area contributed by atoms with Crippen LogP contribution in [-0.4, -0.2) is 30.7 Å². The molecule has 0 saturated heterocycles. The minimum atomic E-state index is -0.708. The second-order valence-electron chi connectivity index (χ2n) is 4.44. The second-order valence-corrected chi connectivity index (χ2v) is 4.44. The number of hydrogen-bond donors (Lipinski definition) is 1. The third-order valence-corrected chi connectivity index (χ3v) is 1.70. The van der Waals surface area contributed by atoms with Gasteiger partial charge in [-0.1, -0.05) is 0 Å². The van der Waals surface area contributed by atoms with Crippen molar-refractivity contribution in [1.29, 1.82) is 0 Å². The molecule has 93 valence electrons. The van der Waals surface area contributed by atoms with Crippen molar-refractivity contribution < 1.29 is 19.1 Å². The van der Waals surface area contributed by atoms with Crippen LogP contribution < -0.4 is 5.73 Å². The Morgan fingerprint density at radius 3 is 2.38 bits per heavy atom. The molecule has 0 aliphatic heterocycles. The molecule has 0 fully saturated rings. The highest BCUT2D eigenvalue weighted by Crippen LogP contribution is 2.10. The molecule has 1 atom stereocenters. The van der Waals surface area contributed by atoms with E-state index in [0.29, 0.717) is 12.8 Å². The van der Waals surface area contributed by atoms with Gasteiger partial charge in [0.2, 0.25) is 0 Å². The standard InChI is InChI=1S/C11H20NO4/c1-11(2,3)16-10(14)8(12)6-5-7-9(13)15-4/h7-8H,5-6,12H2,1-4H3/t8-/m0/s1. The summed E-state index contributed by atoms with van der Waals surface area (Å²) in [5, 5.41) is 0. The maximum atomic E-state index is 11.4. The van der Waals surface area contributed by atoms with Crippen LogP contribution in [0.2, 0.25) is 0 Å². The Bertz CT molecular complexity index is 245. The largest absolute Gasteiger partial charge is 0.469 e. The Hall–Kier alpha value is -1.10. The summed E-state index contributed by atoms with van der Waals surface area (Å²) in [5.74, 6) is -0.873. The van der Waals surface area contributed by atoms with Gasteiger partial charge in [-0.25, -0.2) is 0 Å². The molecule has 0 bridgehead atoms. The van der Waals surface area contributed by atoms with Crippen LogP contribution >= 0.6 is 0 Å². The molecule has 0 rings (SSSR count). The van der Waals surface area contributed by atoms with Crippen molar-refractivity contribution in [2.45, 2.75) is 45.3 Å². The highest BCUT2D eigenvalue weighted by molar-refractivity contribution is 5.79. The number of nitrogens with two attached hydrogens (primary N) is 1. The van der Waals surface area contributed by atoms with Crippen LogP contribution in [0.25, 0.3) is 0 Å². The molecule has 1 radical (unpaired) electrons. The third-order valence-electron chi connectivity index (χ3n) is 1.70. The molecule has 0 aliphatic carbocycles. The van der Waals surface area contributed by atoms with Gasteiger partial charge in [0.1, 0.15) is 11.6 Å². The first-order valence-corrected chi connectivity index (χ1v) is 5.16. The fourth-order valence-electron chi connectivity index (χ4n) is 0.959. The van der Waals surface area contributed by atoms with E-state index in [1.54, 1.807) is 20.8 Å². The molecule has 5 nitrogen and oxygen atoms in total. The first-order chi connectivity index (χ1) is 7.26. The smallest absolute Gasteiger partial charge is 0.323 e. The molecule has 2 N–H and O–H groups in total. The van der Waals surface area contributed by atoms with Gasteiger partial charge in [0.05, 0.1) is 13.5 Å². The summed E-state index contributed by atoms with van der Waals surface area (Å²) in [5.41, 5.74) is 5.06. The van der Waals surface area contributed by atoms with E-state index in [2.05, 4.69) is 4.74 Å². The van der Waals surface area contributed by atoms with Crippen LogP contribution in [0, 0.1) is 6.42 Å². The van der Waals surface area contributed by atoms with Crippen LogP contribution in [0.15, 0.2) is 0 Å². The average molecular weight is 230 g/mol. The Labute approximate surface area is 96.3 Å². The minimum Gasteiger partial charge on any atom is -0.469 e. The molecule has 0 unspecified atom stereocenters. The van der Waals surface area contributed by atoms with Crippen LogP contribution in [0.5, 0.6) is 0 Å². The fourth-order valence-corrected chi connectivity index (χ4v) is 0.959. The van der Waals surface area contributed by atoms with Crippen LogP contribution in [0.4, 0.5) is 0 Å². The van der Waals surface area contributed by atoms with E-state index in [-0.39, 0.29) is 0 Å². The van der Waals surface area contributed by atoms with Gasteiger partial charge < -0.3 is 15.2 Å². The Kier molecular flexibility index (Phi) is 6.03. The molecule has 0 saturated carbocycles. The highest BCUT2D eigenvalue weighted by Gasteiger charge is 2.21. The monoisotopic (exact) mass is 230 g/mol. The van der Waals surface area contributed by atoms with Gasteiger partial charge in [0.25, 0.3) is 0 Å². The number of esters is 2. The molecule has 5 heteroatoms. The number of rotatable bonds is 5. The number of ether oxygens (including phenoxy) is 2. The van der Waals surface area contributed by atoms with Gasteiger partial charge in [-0.05, 0) is 33.6 Å². The van der Waals surface area contributed by atoms with Crippen LogP contribution in [0.1, 0.15) is 33.6 Å². The topological polar surface area (TPSA) is 78.6 Å². The highest BCUT2D eigenvalue weighted by atomic mass is 16.6. The van der Waals surface area contributed by atoms with Crippen molar-refractivity contribution in [3.05, 3.63) is 6.42 Å². The van der Waals surface area contributed by atoms with Gasteiger partial charge in [0, 0.05) is 0 Å². The summed E-state index contributed by atoms with van der Waals surface area (Å²) >= 11 is 0. The Morgan fingerprint density at radius 1 is 1.38 bits per heavy atom. The molecule has 0 aromatic heterocycles. The molecule has 0 aromatic carbocycles. The van der Waals surface area contributed by atoms with Gasteiger partial charge in [-0.15, -0.1) is 0 Å². The minimum absolute atomic E-state index is 0.365. The molecule has 0 amide bonds. The van der Waals surface area contributed by atoms with Crippen molar-refractivity contribution in [3.8, 4) is 0 Å². The molecule has 0 aliphatic rings. The third kappa shape index (κ3) is 7.23. The molecule has 0 spiro atoms. The quantitative estimate of drug-likeness (QED) is 0.707. The molecular formula is C11H20NO4. The maximum Gasteiger partial charge on any atom is 0.323 e. The number of carbonyl (C=O) groups is 2. The Morgan fingerprint density at radius 2 is 1.94 bits per heavy atom. The van der Waals surface area contributed by atoms with Gasteiger partial charge >= 0.3 is 11.9 Å². The SMILES string of the molecule is COC(=O)[CH]CC[C@H](N)C(=O)OC(C)(C)C. The van der Waals surface area contributed by atoms with E-state index < -0.39 is 23.6 Å². The van der Waals surface area contributed by atoms with Crippen molar-refractivity contribution in [3.63, 3.8) is 0 Å². The predicted octanol–water partition coefficient (Wildman–Crippen LogP) is 0.813. The Balaban J connectivity index is 3.84. The van der Waals surface area contributed by atoms with Gasteiger partial charge in [0.15, 0.2) is 0 Å². The van der Waals surface area contributed by atoms with Gasteiger partial charge in [-0.2, -0.15) is 0 Å². The maximum absolute atomic E-state index is 11.4. The predicted molar refractivity (Wildman–Crippen MR) is 59.4 cm³/mol. The summed E-state index contributed by atoms with van der Waals surface area (Å²) in [7, 11) is 1.30. The van der Waals surface area contributed by atoms with Crippen molar-refractivity contribution >= 4 is 11.9 Å². The molecule has 0 heterocycles. The van der Waals surface area contributed by atoms with Crippen molar-refractivity contribution in [2.75, 3.05) is 7.11 Å². The van der Waals surface area contributed by atoms with E-state index in [1.807, 2.05) is 0 Å². The van der Waals surface area contributed by atoms with E-state index in [9.17, 15) is 9.59 Å². The summed E-state index contributed by atoms with van der Waals surface area (Å²) in [4.78, 5) is 22.2. The first kappa shape index (κ1) is 14.9. The summed E-state index contributed by atoms with van der Waals surface area (Å²) in [6, 6.07) is -0.708. The zero-order valence-electron chi connectivity index (χ0n) is 10.3. The number of methoxy groups -OCH3 is 1. The molecule has 0 aromatic rings. The van der Waals surface area contributed by atoms with Crippen molar-refractivity contribution in [2.24, 2.45) is 5.73 Å². The molecule has 16 heavy (non-hydrogen) atoms. The van der Waals surface area contributed by atoms with E-state index >= 15 is 0 Å². The van der Waals surface area contributed by atoms with E-state index in [4.69, 9.17) is 10.5 Å². The average Bonchev–Trinajstić information content (AvgIpc) is 2.14. The van der Waals surface area contributed by atoms with Crippen LogP contribution in [0.3, 0.4) is 0 Å². The lowest BCUT2D eigenvalue weighted by atomic mass is 10.1. The summed E-state index contributed by atoms with van der Waals surface area (Å²) in [6.45, 7) is 5.33. The molecular weight excluding hydrogens is 210 g/mol. The fraction of sp³-hybridized carbons (Fsp3) is 0.727. The zero-order valence-corrected chi connectivity index (χ0v) is 10.3. The summed E-state index contributed by atoms with van der Waals surface area (Å²) < 4.78 is 9.51. The zero-order chi connectivity index (χ0) is 12.8. The first-order valence-electron chi connectivity index (χ1n) is 5.16. The lowest BCUT2D eigenvalue weighted by molar-refractivity contribution is -0.156. The van der Waals surface area contributed by atoms with E-state index in [0.717, 1.165) is 0 Å².